The molecule has 0 aliphatic carbocycles. The van der Waals surface area contributed by atoms with Gasteiger partial charge in [0, 0.05) is 6.54 Å². The summed E-state index contributed by atoms with van der Waals surface area (Å²) in [5, 5.41) is 7.61. The number of nitrogens with one attached hydrogen (secondary N) is 2. The summed E-state index contributed by atoms with van der Waals surface area (Å²) in [6.07, 6.45) is 1.66. The third-order valence-corrected chi connectivity index (χ3v) is 2.65. The van der Waals surface area contributed by atoms with Crippen LogP contribution in [0.2, 0.25) is 0 Å². The number of carbonyl (C=O) groups is 2. The fourth-order valence-electron chi connectivity index (χ4n) is 1.54. The summed E-state index contributed by atoms with van der Waals surface area (Å²) < 4.78 is 5.92. The Bertz CT molecular complexity index is 672. The Morgan fingerprint density at radius 3 is 2.70 bits per heavy atom. The molecule has 0 spiro atoms. The van der Waals surface area contributed by atoms with Gasteiger partial charge in [0.15, 0.2) is 5.78 Å². The molecule has 4 N–H and O–H groups in total. The minimum atomic E-state index is -0.912. The number of amides is 1. The Morgan fingerprint density at radius 2 is 2.09 bits per heavy atom. The Hall–Kier alpha value is -2.49. The van der Waals surface area contributed by atoms with E-state index < -0.39 is 34.6 Å². The zero-order chi connectivity index (χ0) is 17.6. The van der Waals surface area contributed by atoms with Gasteiger partial charge < -0.3 is 15.8 Å². The van der Waals surface area contributed by atoms with Crippen molar-refractivity contribution in [2.24, 2.45) is 5.73 Å². The van der Waals surface area contributed by atoms with Crippen LogP contribution in [0.3, 0.4) is 0 Å². The van der Waals surface area contributed by atoms with Gasteiger partial charge in [-0.05, 0) is 27.2 Å². The highest BCUT2D eigenvalue weighted by Crippen LogP contribution is 2.06. The molecule has 0 saturated carbocycles. The number of aromatic nitrogens is 3. The average Bonchev–Trinajstić information content (AvgIpc) is 2.44. The lowest BCUT2D eigenvalue weighted by Crippen LogP contribution is -2.43. The zero-order valence-electron chi connectivity index (χ0n) is 13.2. The van der Waals surface area contributed by atoms with Crippen molar-refractivity contribution >= 4 is 11.9 Å². The summed E-state index contributed by atoms with van der Waals surface area (Å²) in [7, 11) is 0. The van der Waals surface area contributed by atoms with Gasteiger partial charge in [0.2, 0.25) is 6.33 Å². The molecule has 1 radical (unpaired) electrons. The third kappa shape index (κ3) is 6.43. The molecule has 1 aromatic rings. The minimum absolute atomic E-state index is 0.00903. The first kappa shape index (κ1) is 18.6. The molecule has 0 aliphatic heterocycles. The van der Waals surface area contributed by atoms with Crippen molar-refractivity contribution in [1.82, 2.24) is 20.1 Å². The van der Waals surface area contributed by atoms with Crippen molar-refractivity contribution in [3.05, 3.63) is 27.0 Å². The average molecular weight is 326 g/mol. The second-order valence-electron chi connectivity index (χ2n) is 5.83. The van der Waals surface area contributed by atoms with E-state index in [0.29, 0.717) is 0 Å². The number of nitrogens with two attached hydrogens (primary N) is 1. The predicted molar refractivity (Wildman–Crippen MR) is 79.8 cm³/mol. The van der Waals surface area contributed by atoms with E-state index in [1.165, 1.54) is 0 Å². The third-order valence-electron chi connectivity index (χ3n) is 2.65. The minimum Gasteiger partial charge on any atom is -0.444 e. The summed E-state index contributed by atoms with van der Waals surface area (Å²) in [6, 6.07) is -0.912. The molecule has 10 heteroatoms. The highest BCUT2D eigenvalue weighted by Gasteiger charge is 2.19. The van der Waals surface area contributed by atoms with Crippen molar-refractivity contribution in [3.8, 4) is 0 Å². The summed E-state index contributed by atoms with van der Waals surface area (Å²) in [4.78, 5) is 45.8. The maximum atomic E-state index is 11.8. The van der Waals surface area contributed by atoms with E-state index in [4.69, 9.17) is 10.5 Å². The van der Waals surface area contributed by atoms with E-state index >= 15 is 0 Å². The number of aromatic amines is 1. The Labute approximate surface area is 132 Å². The summed E-state index contributed by atoms with van der Waals surface area (Å²) >= 11 is 0. The van der Waals surface area contributed by atoms with E-state index in [1.807, 2.05) is 5.10 Å². The number of nitrogens with zero attached hydrogens (tertiary/aromatic N) is 2. The summed E-state index contributed by atoms with van der Waals surface area (Å²) in [5.74, 6) is -0.429. The lowest BCUT2D eigenvalue weighted by molar-refractivity contribution is -0.119. The lowest BCUT2D eigenvalue weighted by atomic mass is 10.1. The maximum absolute atomic E-state index is 11.8. The quantitative estimate of drug-likeness (QED) is 0.541. The van der Waals surface area contributed by atoms with Crippen LogP contribution in [0.5, 0.6) is 0 Å². The van der Waals surface area contributed by atoms with Gasteiger partial charge >= 0.3 is 17.2 Å². The molecule has 1 unspecified atom stereocenters. The smallest absolute Gasteiger partial charge is 0.408 e. The topological polar surface area (TPSA) is 149 Å². The first-order valence-corrected chi connectivity index (χ1v) is 6.92. The zero-order valence-corrected chi connectivity index (χ0v) is 13.2. The molecule has 0 aromatic carbocycles. The van der Waals surface area contributed by atoms with E-state index in [1.54, 1.807) is 20.8 Å². The van der Waals surface area contributed by atoms with Gasteiger partial charge in [-0.3, -0.25) is 19.0 Å². The number of alkyl carbamates (subject to hydrolysis) is 1. The van der Waals surface area contributed by atoms with Gasteiger partial charge in [-0.25, -0.2) is 9.89 Å². The second kappa shape index (κ2) is 7.68. The molecule has 1 heterocycles. The molecule has 0 saturated heterocycles. The molecule has 1 amide bonds. The van der Waals surface area contributed by atoms with Crippen LogP contribution >= 0.6 is 0 Å². The van der Waals surface area contributed by atoms with Crippen molar-refractivity contribution in [3.63, 3.8) is 0 Å². The van der Waals surface area contributed by atoms with Crippen molar-refractivity contribution < 1.29 is 14.3 Å². The maximum Gasteiger partial charge on any atom is 0.408 e. The number of hydrogen-bond acceptors (Lipinski definition) is 7. The monoisotopic (exact) mass is 326 g/mol. The molecule has 1 rings (SSSR count). The molecular formula is C13H20N5O5. The fourth-order valence-corrected chi connectivity index (χ4v) is 1.54. The van der Waals surface area contributed by atoms with Gasteiger partial charge in [-0.1, -0.05) is 0 Å². The van der Waals surface area contributed by atoms with Crippen molar-refractivity contribution in [2.75, 3.05) is 6.54 Å². The SMILES string of the molecule is CC(C)(C)OC(=O)NCC(=O)C(N)CCn1[c]n[nH]c(=O)c1=O. The number of ketones is 1. The van der Waals surface area contributed by atoms with Gasteiger partial charge in [0.05, 0.1) is 12.6 Å². The van der Waals surface area contributed by atoms with E-state index in [2.05, 4.69) is 16.7 Å². The Balaban J connectivity index is 2.46. The molecule has 127 valence electrons. The molecule has 1 aromatic heterocycles. The molecule has 0 bridgehead atoms. The molecule has 0 fully saturated rings. The number of Topliss-reactive ketones (excluding diaryl/α,β-unsaturated/α-hetero) is 1. The fraction of sp³-hybridized carbons (Fsp3) is 0.615. The molecule has 10 nitrogen and oxygen atoms in total. The van der Waals surface area contributed by atoms with Crippen LogP contribution in [0.25, 0.3) is 0 Å². The summed E-state index contributed by atoms with van der Waals surface area (Å²) in [5.41, 5.74) is 3.32. The van der Waals surface area contributed by atoms with Gasteiger partial charge in [-0.15, -0.1) is 0 Å². The first-order chi connectivity index (χ1) is 10.6. The summed E-state index contributed by atoms with van der Waals surface area (Å²) in [6.45, 7) is 4.81. The van der Waals surface area contributed by atoms with Crippen LogP contribution < -0.4 is 22.2 Å². The number of ether oxygens (including phenoxy) is 1. The van der Waals surface area contributed by atoms with E-state index in [9.17, 15) is 19.2 Å². The van der Waals surface area contributed by atoms with Crippen LogP contribution in [0.15, 0.2) is 9.59 Å². The highest BCUT2D eigenvalue weighted by atomic mass is 16.6. The molecule has 1 atom stereocenters. The normalized spacial score (nSPS) is 12.5. The number of carbonyl (C=O) groups excluding carboxylic acids is 2. The van der Waals surface area contributed by atoms with Crippen molar-refractivity contribution in [2.45, 2.75) is 45.4 Å². The predicted octanol–water partition coefficient (Wildman–Crippen LogP) is -1.46. The van der Waals surface area contributed by atoms with Crippen LogP contribution in [0.1, 0.15) is 27.2 Å². The van der Waals surface area contributed by atoms with Crippen LogP contribution in [0, 0.1) is 6.33 Å². The molecule has 0 aliphatic rings. The van der Waals surface area contributed by atoms with Crippen LogP contribution in [-0.2, 0) is 16.1 Å². The lowest BCUT2D eigenvalue weighted by Gasteiger charge is -2.20. The van der Waals surface area contributed by atoms with Gasteiger partial charge in [0.1, 0.15) is 5.60 Å². The van der Waals surface area contributed by atoms with Crippen LogP contribution in [0.4, 0.5) is 4.79 Å². The standard InChI is InChI=1S/C13H20N5O5/c1-13(2,3)23-12(22)15-6-9(19)8(14)4-5-18-7-16-17-10(20)11(18)21/h8H,4-6,14H2,1-3H3,(H,15,22)(H,17,20). The number of rotatable bonds is 6. The number of aryl methyl sites for hydroxylation is 1. The van der Waals surface area contributed by atoms with Gasteiger partial charge in [0.25, 0.3) is 0 Å². The van der Waals surface area contributed by atoms with Crippen molar-refractivity contribution in [1.29, 1.82) is 0 Å². The largest absolute Gasteiger partial charge is 0.444 e. The Morgan fingerprint density at radius 1 is 1.43 bits per heavy atom. The number of H-pyrrole nitrogens is 1. The first-order valence-electron chi connectivity index (χ1n) is 6.92. The van der Waals surface area contributed by atoms with E-state index in [0.717, 1.165) is 4.57 Å². The second-order valence-corrected chi connectivity index (χ2v) is 5.83. The number of hydrogen-bond donors (Lipinski definition) is 3. The molecular weight excluding hydrogens is 306 g/mol. The highest BCUT2D eigenvalue weighted by molar-refractivity contribution is 5.88. The Kier molecular flexibility index (Phi) is 6.19. The molecule has 23 heavy (non-hydrogen) atoms. The van der Waals surface area contributed by atoms with Gasteiger partial charge in [-0.2, -0.15) is 5.10 Å². The van der Waals surface area contributed by atoms with E-state index in [-0.39, 0.29) is 19.5 Å². The van der Waals surface area contributed by atoms with Crippen LogP contribution in [-0.4, -0.2) is 44.8 Å².